The van der Waals surface area contributed by atoms with Gasteiger partial charge in [0.05, 0.1) is 0 Å². The van der Waals surface area contributed by atoms with Crippen molar-refractivity contribution in [3.05, 3.63) is 0 Å². The lowest BCUT2D eigenvalue weighted by atomic mass is 9.86. The molecule has 0 heterocycles. The van der Waals surface area contributed by atoms with E-state index >= 15 is 0 Å². The summed E-state index contributed by atoms with van der Waals surface area (Å²) < 4.78 is 18.5. The Kier molecular flexibility index (Phi) is 9.01. The second-order valence-electron chi connectivity index (χ2n) is 5.87. The fourth-order valence-corrected chi connectivity index (χ4v) is 6.18. The maximum absolute atomic E-state index is 6.45. The van der Waals surface area contributed by atoms with Crippen LogP contribution in [0.25, 0.3) is 0 Å². The standard InChI is InChI=1S/C16H34O3Si/c1-5-8-14-20(17-6-2,18-7-3)19-15(4)16-12-10-9-11-13-16/h15-16H,5-14H2,1-4H3. The molecule has 1 rings (SSSR count). The first-order chi connectivity index (χ1) is 9.67. The van der Waals surface area contributed by atoms with E-state index in [0.29, 0.717) is 19.1 Å². The van der Waals surface area contributed by atoms with Crippen LogP contribution in [0, 0.1) is 5.92 Å². The highest BCUT2D eigenvalue weighted by atomic mass is 28.4. The number of unbranched alkanes of at least 4 members (excludes halogenated alkanes) is 1. The molecular formula is C16H34O3Si. The molecule has 1 aliphatic rings. The Bertz CT molecular complexity index is 236. The summed E-state index contributed by atoms with van der Waals surface area (Å²) >= 11 is 0. The summed E-state index contributed by atoms with van der Waals surface area (Å²) in [5.41, 5.74) is 0. The van der Waals surface area contributed by atoms with Gasteiger partial charge in [-0.2, -0.15) is 0 Å². The van der Waals surface area contributed by atoms with Crippen molar-refractivity contribution in [2.45, 2.75) is 84.8 Å². The first-order valence-corrected chi connectivity index (χ1v) is 10.6. The molecule has 0 N–H and O–H groups in total. The summed E-state index contributed by atoms with van der Waals surface area (Å²) in [4.78, 5) is 0. The van der Waals surface area contributed by atoms with Gasteiger partial charge in [0.2, 0.25) is 0 Å². The van der Waals surface area contributed by atoms with E-state index in [1.54, 1.807) is 0 Å². The largest absolute Gasteiger partial charge is 0.501 e. The van der Waals surface area contributed by atoms with Gasteiger partial charge < -0.3 is 13.3 Å². The van der Waals surface area contributed by atoms with Gasteiger partial charge >= 0.3 is 8.80 Å². The quantitative estimate of drug-likeness (QED) is 0.543. The fraction of sp³-hybridized carbons (Fsp3) is 1.00. The van der Waals surface area contributed by atoms with Crippen molar-refractivity contribution in [3.8, 4) is 0 Å². The molecule has 20 heavy (non-hydrogen) atoms. The molecule has 4 heteroatoms. The van der Waals surface area contributed by atoms with Crippen molar-refractivity contribution in [1.29, 1.82) is 0 Å². The molecule has 0 bridgehead atoms. The van der Waals surface area contributed by atoms with Crippen LogP contribution in [-0.4, -0.2) is 28.1 Å². The molecule has 120 valence electrons. The summed E-state index contributed by atoms with van der Waals surface area (Å²) in [6.45, 7) is 9.90. The third kappa shape index (κ3) is 5.84. The molecule has 1 saturated carbocycles. The van der Waals surface area contributed by atoms with Crippen LogP contribution in [0.2, 0.25) is 6.04 Å². The molecule has 3 nitrogen and oxygen atoms in total. The molecule has 1 aliphatic carbocycles. The van der Waals surface area contributed by atoms with Gasteiger partial charge in [-0.25, -0.2) is 0 Å². The van der Waals surface area contributed by atoms with Gasteiger partial charge in [0.1, 0.15) is 0 Å². The SMILES string of the molecule is CCCC[Si](OCC)(OCC)OC(C)C1CCCCC1. The first kappa shape index (κ1) is 18.1. The van der Waals surface area contributed by atoms with E-state index in [-0.39, 0.29) is 6.10 Å². The van der Waals surface area contributed by atoms with Crippen molar-refractivity contribution >= 4 is 8.80 Å². The Morgan fingerprint density at radius 2 is 1.60 bits per heavy atom. The Hall–Kier alpha value is 0.0969. The van der Waals surface area contributed by atoms with Gasteiger partial charge in [0.15, 0.2) is 0 Å². The lowest BCUT2D eigenvalue weighted by Gasteiger charge is -2.36. The zero-order valence-electron chi connectivity index (χ0n) is 14.0. The minimum absolute atomic E-state index is 0.275. The zero-order valence-corrected chi connectivity index (χ0v) is 15.0. The van der Waals surface area contributed by atoms with Gasteiger partial charge in [-0.15, -0.1) is 0 Å². The Labute approximate surface area is 126 Å². The fourth-order valence-electron chi connectivity index (χ4n) is 3.13. The second-order valence-corrected chi connectivity index (χ2v) is 8.55. The highest BCUT2D eigenvalue weighted by molar-refractivity contribution is 6.60. The Morgan fingerprint density at radius 3 is 2.10 bits per heavy atom. The van der Waals surface area contributed by atoms with E-state index in [2.05, 4.69) is 13.8 Å². The van der Waals surface area contributed by atoms with Crippen LogP contribution in [0.4, 0.5) is 0 Å². The van der Waals surface area contributed by atoms with Gasteiger partial charge in [0, 0.05) is 25.4 Å². The number of hydrogen-bond acceptors (Lipinski definition) is 3. The van der Waals surface area contributed by atoms with Crippen LogP contribution in [0.15, 0.2) is 0 Å². The monoisotopic (exact) mass is 302 g/mol. The topological polar surface area (TPSA) is 27.7 Å². The molecule has 1 atom stereocenters. The maximum Gasteiger partial charge on any atom is 0.501 e. The molecule has 0 amide bonds. The molecule has 0 radical (unpaired) electrons. The molecule has 0 aromatic heterocycles. The van der Waals surface area contributed by atoms with Gasteiger partial charge in [-0.3, -0.25) is 0 Å². The molecule has 0 spiro atoms. The first-order valence-electron chi connectivity index (χ1n) is 8.63. The van der Waals surface area contributed by atoms with E-state index in [1.807, 2.05) is 13.8 Å². The Balaban J connectivity index is 2.63. The average molecular weight is 303 g/mol. The molecule has 0 aromatic carbocycles. The van der Waals surface area contributed by atoms with Crippen molar-refractivity contribution < 1.29 is 13.3 Å². The predicted octanol–water partition coefficient (Wildman–Crippen LogP) is 4.78. The molecule has 0 aliphatic heterocycles. The highest BCUT2D eigenvalue weighted by Crippen LogP contribution is 2.31. The number of hydrogen-bond donors (Lipinski definition) is 0. The molecule has 1 unspecified atom stereocenters. The van der Waals surface area contributed by atoms with Crippen molar-refractivity contribution in [2.75, 3.05) is 13.2 Å². The smallest absolute Gasteiger partial charge is 0.374 e. The van der Waals surface area contributed by atoms with Crippen molar-refractivity contribution in [3.63, 3.8) is 0 Å². The minimum atomic E-state index is -2.46. The van der Waals surface area contributed by atoms with Crippen LogP contribution in [-0.2, 0) is 13.3 Å². The van der Waals surface area contributed by atoms with E-state index in [4.69, 9.17) is 13.3 Å². The van der Waals surface area contributed by atoms with E-state index in [9.17, 15) is 0 Å². The summed E-state index contributed by atoms with van der Waals surface area (Å²) in [7, 11) is -2.46. The molecule has 0 aromatic rings. The van der Waals surface area contributed by atoms with E-state index in [0.717, 1.165) is 18.9 Å². The minimum Gasteiger partial charge on any atom is -0.374 e. The van der Waals surface area contributed by atoms with E-state index < -0.39 is 8.80 Å². The van der Waals surface area contributed by atoms with Crippen LogP contribution in [0.5, 0.6) is 0 Å². The zero-order chi connectivity index (χ0) is 14.8. The van der Waals surface area contributed by atoms with Crippen LogP contribution >= 0.6 is 0 Å². The molecular weight excluding hydrogens is 268 g/mol. The summed E-state index contributed by atoms with van der Waals surface area (Å²) in [6, 6.07) is 0.961. The van der Waals surface area contributed by atoms with Crippen LogP contribution in [0.3, 0.4) is 0 Å². The molecule has 1 fully saturated rings. The Morgan fingerprint density at radius 1 is 1.00 bits per heavy atom. The second kappa shape index (κ2) is 9.93. The highest BCUT2D eigenvalue weighted by Gasteiger charge is 2.42. The maximum atomic E-state index is 6.45. The summed E-state index contributed by atoms with van der Waals surface area (Å²) in [6.07, 6.45) is 9.26. The normalized spacial score (nSPS) is 19.2. The lowest BCUT2D eigenvalue weighted by Crippen LogP contribution is -2.49. The van der Waals surface area contributed by atoms with Crippen LogP contribution in [0.1, 0.15) is 72.6 Å². The van der Waals surface area contributed by atoms with E-state index in [1.165, 1.54) is 32.1 Å². The lowest BCUT2D eigenvalue weighted by molar-refractivity contribution is 0.00906. The third-order valence-electron chi connectivity index (χ3n) is 4.24. The van der Waals surface area contributed by atoms with Gasteiger partial charge in [-0.1, -0.05) is 32.6 Å². The summed E-state index contributed by atoms with van der Waals surface area (Å²) in [5, 5.41) is 0. The van der Waals surface area contributed by atoms with Crippen molar-refractivity contribution in [2.24, 2.45) is 5.92 Å². The third-order valence-corrected chi connectivity index (χ3v) is 7.40. The number of rotatable bonds is 10. The molecule has 0 saturated heterocycles. The predicted molar refractivity (Wildman–Crippen MR) is 85.8 cm³/mol. The van der Waals surface area contributed by atoms with Gasteiger partial charge in [-0.05, 0) is 46.0 Å². The van der Waals surface area contributed by atoms with Gasteiger partial charge in [0.25, 0.3) is 0 Å². The van der Waals surface area contributed by atoms with Crippen LogP contribution < -0.4 is 0 Å². The average Bonchev–Trinajstić information content (AvgIpc) is 2.46. The summed E-state index contributed by atoms with van der Waals surface area (Å²) in [5.74, 6) is 0.693. The van der Waals surface area contributed by atoms with Crippen molar-refractivity contribution in [1.82, 2.24) is 0 Å².